The zero-order valence-corrected chi connectivity index (χ0v) is 14.0. The Hall–Kier alpha value is -2.61. The van der Waals surface area contributed by atoms with Gasteiger partial charge in [0.2, 0.25) is 11.1 Å². The number of rotatable bonds is 5. The van der Waals surface area contributed by atoms with E-state index in [4.69, 9.17) is 5.73 Å². The van der Waals surface area contributed by atoms with Gasteiger partial charge in [-0.15, -0.1) is 5.10 Å². The summed E-state index contributed by atoms with van der Waals surface area (Å²) in [5.41, 5.74) is 7.95. The molecule has 0 aliphatic rings. The number of nitrogens with one attached hydrogen (secondary N) is 1. The van der Waals surface area contributed by atoms with Crippen molar-refractivity contribution in [3.8, 4) is 5.69 Å². The zero-order valence-electron chi connectivity index (χ0n) is 13.2. The minimum absolute atomic E-state index is 0.0703. The zero-order chi connectivity index (χ0) is 17.3. The molecule has 0 fully saturated rings. The van der Waals surface area contributed by atoms with Crippen molar-refractivity contribution in [3.05, 3.63) is 53.1 Å². The van der Waals surface area contributed by atoms with E-state index >= 15 is 0 Å². The normalized spacial score (nSPS) is 11.0. The third-order valence-corrected chi connectivity index (χ3v) is 4.49. The highest BCUT2D eigenvalue weighted by Crippen LogP contribution is 2.24. The molecule has 0 amide bonds. The summed E-state index contributed by atoms with van der Waals surface area (Å²) in [5.74, 6) is -0.00982. The Morgan fingerprint density at radius 1 is 1.38 bits per heavy atom. The lowest BCUT2D eigenvalue weighted by Crippen LogP contribution is -2.06. The van der Waals surface area contributed by atoms with Gasteiger partial charge in [-0.2, -0.15) is 4.98 Å². The lowest BCUT2D eigenvalue weighted by molar-refractivity contribution is 0.102. The Morgan fingerprint density at radius 3 is 2.79 bits per heavy atom. The molecule has 0 bridgehead atoms. The Morgan fingerprint density at radius 2 is 2.12 bits per heavy atom. The summed E-state index contributed by atoms with van der Waals surface area (Å²) in [4.78, 5) is 16.5. The van der Waals surface area contributed by atoms with Crippen LogP contribution in [0.25, 0.3) is 5.69 Å². The fraction of sp³-hybridized carbons (Fsp3) is 0.188. The van der Waals surface area contributed by atoms with E-state index in [1.165, 1.54) is 17.8 Å². The maximum absolute atomic E-state index is 14.1. The van der Waals surface area contributed by atoms with Crippen LogP contribution in [0.3, 0.4) is 0 Å². The molecule has 24 heavy (non-hydrogen) atoms. The summed E-state index contributed by atoms with van der Waals surface area (Å²) in [7, 11) is 0. The molecule has 0 radical (unpaired) electrons. The van der Waals surface area contributed by atoms with Crippen molar-refractivity contribution in [2.24, 2.45) is 0 Å². The van der Waals surface area contributed by atoms with Gasteiger partial charge in [0, 0.05) is 17.0 Å². The molecule has 0 spiro atoms. The van der Waals surface area contributed by atoms with Crippen LogP contribution < -0.4 is 5.73 Å². The Kier molecular flexibility index (Phi) is 4.39. The molecule has 6 nitrogen and oxygen atoms in total. The molecular formula is C16H16FN5OS. The van der Waals surface area contributed by atoms with Crippen LogP contribution in [0.2, 0.25) is 0 Å². The molecule has 124 valence electrons. The molecule has 0 saturated heterocycles. The van der Waals surface area contributed by atoms with Gasteiger partial charge >= 0.3 is 0 Å². The average Bonchev–Trinajstić information content (AvgIpc) is 3.09. The average molecular weight is 345 g/mol. The van der Waals surface area contributed by atoms with Crippen LogP contribution in [0.4, 0.5) is 10.3 Å². The van der Waals surface area contributed by atoms with Crippen molar-refractivity contribution in [2.45, 2.75) is 19.0 Å². The second-order valence-corrected chi connectivity index (χ2v) is 6.23. The number of H-pyrrole nitrogens is 1. The molecule has 0 aliphatic heterocycles. The van der Waals surface area contributed by atoms with Crippen LogP contribution in [-0.4, -0.2) is 31.3 Å². The van der Waals surface area contributed by atoms with Gasteiger partial charge in [-0.05, 0) is 32.0 Å². The summed E-state index contributed by atoms with van der Waals surface area (Å²) in [6.45, 7) is 3.65. The maximum Gasteiger partial charge on any atom is 0.216 e. The second-order valence-electron chi connectivity index (χ2n) is 5.29. The monoisotopic (exact) mass is 345 g/mol. The first-order valence-electron chi connectivity index (χ1n) is 7.25. The Labute approximate surface area is 142 Å². The lowest BCUT2D eigenvalue weighted by Gasteiger charge is -2.10. The third-order valence-electron chi connectivity index (χ3n) is 3.64. The first-order chi connectivity index (χ1) is 11.5. The number of nitrogens with two attached hydrogens (primary N) is 1. The Balaban J connectivity index is 1.86. The van der Waals surface area contributed by atoms with E-state index in [9.17, 15) is 9.18 Å². The third kappa shape index (κ3) is 3.05. The highest BCUT2D eigenvalue weighted by atomic mass is 32.2. The first kappa shape index (κ1) is 16.3. The van der Waals surface area contributed by atoms with Gasteiger partial charge in [0.15, 0.2) is 5.78 Å². The van der Waals surface area contributed by atoms with Gasteiger partial charge in [-0.25, -0.2) is 9.49 Å². The number of carbonyl (C=O) groups is 1. The fourth-order valence-electron chi connectivity index (χ4n) is 2.58. The summed E-state index contributed by atoms with van der Waals surface area (Å²) in [6, 6.07) is 8.27. The van der Waals surface area contributed by atoms with Gasteiger partial charge in [-0.1, -0.05) is 23.9 Å². The van der Waals surface area contributed by atoms with E-state index in [1.807, 2.05) is 13.8 Å². The second kappa shape index (κ2) is 6.48. The number of nitrogens with zero attached hydrogens (tertiary/aromatic N) is 3. The number of Topliss-reactive ketones (excluding diaryl/α,β-unsaturated/α-hetero) is 1. The van der Waals surface area contributed by atoms with Crippen LogP contribution in [0, 0.1) is 19.7 Å². The molecule has 0 aliphatic carbocycles. The fourth-order valence-corrected chi connectivity index (χ4v) is 3.27. The molecule has 0 saturated carbocycles. The van der Waals surface area contributed by atoms with Gasteiger partial charge < -0.3 is 10.3 Å². The highest BCUT2D eigenvalue weighted by molar-refractivity contribution is 7.99. The number of hydrogen-bond acceptors (Lipinski definition) is 5. The van der Waals surface area contributed by atoms with E-state index in [0.717, 1.165) is 5.69 Å². The van der Waals surface area contributed by atoms with Crippen LogP contribution in [-0.2, 0) is 0 Å². The van der Waals surface area contributed by atoms with Gasteiger partial charge in [-0.3, -0.25) is 4.79 Å². The lowest BCUT2D eigenvalue weighted by atomic mass is 10.2. The predicted octanol–water partition coefficient (Wildman–Crippen LogP) is 2.91. The molecule has 0 atom stereocenters. The summed E-state index contributed by atoms with van der Waals surface area (Å²) >= 11 is 1.20. The van der Waals surface area contributed by atoms with Gasteiger partial charge in [0.25, 0.3) is 0 Å². The number of ketones is 1. The molecule has 8 heteroatoms. The SMILES string of the molecule is Cc1cc(C(=O)CSc2n[nH]c(N)n2)c(C)n1-c1ccccc1F. The number of hydrogen-bond donors (Lipinski definition) is 2. The number of aryl methyl sites for hydroxylation is 1. The van der Waals surface area contributed by atoms with E-state index in [0.29, 0.717) is 22.1 Å². The maximum atomic E-state index is 14.1. The quantitative estimate of drug-likeness (QED) is 0.548. The smallest absolute Gasteiger partial charge is 0.216 e. The molecule has 2 heterocycles. The number of carbonyl (C=O) groups excluding carboxylic acids is 1. The Bertz CT molecular complexity index is 902. The van der Waals surface area contributed by atoms with Crippen molar-refractivity contribution in [3.63, 3.8) is 0 Å². The van der Waals surface area contributed by atoms with Crippen LogP contribution in [0.15, 0.2) is 35.5 Å². The molecule has 0 unspecified atom stereocenters. The number of nitrogen functional groups attached to an aromatic ring is 1. The van der Waals surface area contributed by atoms with Crippen LogP contribution in [0.1, 0.15) is 21.7 Å². The minimum atomic E-state index is -0.330. The number of aromatic amines is 1. The van der Waals surface area contributed by atoms with E-state index in [-0.39, 0.29) is 23.3 Å². The summed E-state index contributed by atoms with van der Waals surface area (Å²) < 4.78 is 15.8. The summed E-state index contributed by atoms with van der Waals surface area (Å²) in [5, 5.41) is 6.82. The summed E-state index contributed by atoms with van der Waals surface area (Å²) in [6.07, 6.45) is 0. The first-order valence-corrected chi connectivity index (χ1v) is 8.23. The number of aromatic nitrogens is 4. The molecule has 1 aromatic carbocycles. The molecule has 3 N–H and O–H groups in total. The number of thioether (sulfide) groups is 1. The van der Waals surface area contributed by atoms with Crippen molar-refractivity contribution >= 4 is 23.5 Å². The minimum Gasteiger partial charge on any atom is -0.368 e. The number of anilines is 1. The number of halogens is 1. The van der Waals surface area contributed by atoms with Gasteiger partial charge in [0.05, 0.1) is 11.4 Å². The van der Waals surface area contributed by atoms with Crippen molar-refractivity contribution < 1.29 is 9.18 Å². The standard InChI is InChI=1S/C16H16FN5OS/c1-9-7-11(14(23)8-24-16-19-15(18)20-21-16)10(2)22(9)13-6-4-3-5-12(13)17/h3-7H,8H2,1-2H3,(H3,18,19,20,21). The molecule has 3 aromatic rings. The van der Waals surface area contributed by atoms with Crippen LogP contribution in [0.5, 0.6) is 0 Å². The van der Waals surface area contributed by atoms with Crippen molar-refractivity contribution in [1.29, 1.82) is 0 Å². The largest absolute Gasteiger partial charge is 0.368 e. The molecular weight excluding hydrogens is 329 g/mol. The van der Waals surface area contributed by atoms with Crippen molar-refractivity contribution in [2.75, 3.05) is 11.5 Å². The van der Waals surface area contributed by atoms with E-state index < -0.39 is 0 Å². The van der Waals surface area contributed by atoms with E-state index in [2.05, 4.69) is 15.2 Å². The van der Waals surface area contributed by atoms with Gasteiger partial charge in [0.1, 0.15) is 5.82 Å². The van der Waals surface area contributed by atoms with Crippen LogP contribution >= 0.6 is 11.8 Å². The molecule has 2 aromatic heterocycles. The topological polar surface area (TPSA) is 89.6 Å². The predicted molar refractivity (Wildman–Crippen MR) is 91.1 cm³/mol. The number of para-hydroxylation sites is 1. The van der Waals surface area contributed by atoms with Crippen molar-refractivity contribution in [1.82, 2.24) is 19.7 Å². The molecule has 3 rings (SSSR count). The number of benzene rings is 1. The highest BCUT2D eigenvalue weighted by Gasteiger charge is 2.18. The van der Waals surface area contributed by atoms with E-state index in [1.54, 1.807) is 28.8 Å².